The van der Waals surface area contributed by atoms with Crippen molar-refractivity contribution in [3.63, 3.8) is 0 Å². The van der Waals surface area contributed by atoms with E-state index >= 15 is 0 Å². The fourth-order valence-electron chi connectivity index (χ4n) is 3.71. The molecular formula is C23H24N4O4. The molecule has 8 heteroatoms. The molecule has 2 aromatic carbocycles. The highest BCUT2D eigenvalue weighted by atomic mass is 16.5. The van der Waals surface area contributed by atoms with E-state index in [1.165, 1.54) is 6.33 Å². The molecule has 1 N–H and O–H groups in total. The van der Waals surface area contributed by atoms with E-state index in [0.29, 0.717) is 29.7 Å². The molecule has 31 heavy (non-hydrogen) atoms. The first-order chi connectivity index (χ1) is 15.3. The Bertz CT molecular complexity index is 1190. The highest BCUT2D eigenvalue weighted by molar-refractivity contribution is 5.87. The van der Waals surface area contributed by atoms with Crippen LogP contribution in [0.1, 0.15) is 0 Å². The number of nitrogens with one attached hydrogen (secondary N) is 1. The van der Waals surface area contributed by atoms with E-state index < -0.39 is 0 Å². The van der Waals surface area contributed by atoms with Crippen LogP contribution >= 0.6 is 0 Å². The lowest BCUT2D eigenvalue weighted by atomic mass is 10.2. The maximum atomic E-state index is 6.09. The summed E-state index contributed by atoms with van der Waals surface area (Å²) >= 11 is 0. The van der Waals surface area contributed by atoms with E-state index in [4.69, 9.17) is 18.9 Å². The van der Waals surface area contributed by atoms with E-state index in [1.807, 2.05) is 42.6 Å². The van der Waals surface area contributed by atoms with Crippen LogP contribution < -0.4 is 14.2 Å². The van der Waals surface area contributed by atoms with Crippen molar-refractivity contribution in [2.24, 2.45) is 0 Å². The van der Waals surface area contributed by atoms with Gasteiger partial charge in [0, 0.05) is 42.8 Å². The van der Waals surface area contributed by atoms with Crippen molar-refractivity contribution in [3.05, 3.63) is 48.9 Å². The summed E-state index contributed by atoms with van der Waals surface area (Å²) < 4.78 is 23.1. The Labute approximate surface area is 179 Å². The molecule has 1 aliphatic rings. The standard InChI is InChI=1S/C23H24N4O4/c1-28-21-13-18-20(14-22(21)30-11-8-27-6-9-29-10-7-27)25-15-26-23(18)31-17-2-3-19-16(12-17)4-5-24-19/h2-5,12-15,24H,6-11H2,1H3. The second-order valence-corrected chi connectivity index (χ2v) is 7.33. The molecule has 0 spiro atoms. The molecule has 1 aliphatic heterocycles. The lowest BCUT2D eigenvalue weighted by molar-refractivity contribution is 0.0321. The molecule has 4 aromatic rings. The first kappa shape index (κ1) is 19.6. The summed E-state index contributed by atoms with van der Waals surface area (Å²) in [5, 5.41) is 1.83. The predicted molar refractivity (Wildman–Crippen MR) is 117 cm³/mol. The highest BCUT2D eigenvalue weighted by Gasteiger charge is 2.15. The number of H-pyrrole nitrogens is 1. The fraction of sp³-hybridized carbons (Fsp3) is 0.304. The van der Waals surface area contributed by atoms with Gasteiger partial charge in [0.05, 0.1) is 31.2 Å². The molecule has 160 valence electrons. The number of benzene rings is 2. The lowest BCUT2D eigenvalue weighted by Crippen LogP contribution is -2.38. The SMILES string of the molecule is COc1cc2c(Oc3ccc4[nH]ccc4c3)ncnc2cc1OCCN1CCOCC1. The molecule has 8 nitrogen and oxygen atoms in total. The monoisotopic (exact) mass is 420 g/mol. The molecule has 3 heterocycles. The molecule has 2 aromatic heterocycles. The zero-order valence-electron chi connectivity index (χ0n) is 17.3. The summed E-state index contributed by atoms with van der Waals surface area (Å²) in [6, 6.07) is 11.6. The number of fused-ring (bicyclic) bond motifs is 2. The molecule has 0 unspecified atom stereocenters. The van der Waals surface area contributed by atoms with Crippen LogP contribution in [0.3, 0.4) is 0 Å². The Balaban J connectivity index is 1.37. The third-order valence-corrected chi connectivity index (χ3v) is 5.39. The first-order valence-corrected chi connectivity index (χ1v) is 10.3. The van der Waals surface area contributed by atoms with Gasteiger partial charge >= 0.3 is 0 Å². The van der Waals surface area contributed by atoms with Crippen LogP contribution in [0.15, 0.2) is 48.9 Å². The van der Waals surface area contributed by atoms with Gasteiger partial charge < -0.3 is 23.9 Å². The Kier molecular flexibility index (Phi) is 5.56. The topological polar surface area (TPSA) is 81.7 Å². The van der Waals surface area contributed by atoms with Crippen LogP contribution in [-0.2, 0) is 4.74 Å². The molecule has 0 aliphatic carbocycles. The van der Waals surface area contributed by atoms with Crippen LogP contribution in [0.4, 0.5) is 0 Å². The van der Waals surface area contributed by atoms with Crippen LogP contribution in [0, 0.1) is 0 Å². The van der Waals surface area contributed by atoms with Crippen molar-refractivity contribution >= 4 is 21.8 Å². The molecule has 0 atom stereocenters. The van der Waals surface area contributed by atoms with Crippen molar-refractivity contribution in [1.82, 2.24) is 19.9 Å². The molecule has 0 saturated carbocycles. The molecule has 1 saturated heterocycles. The van der Waals surface area contributed by atoms with Gasteiger partial charge in [-0.3, -0.25) is 4.90 Å². The van der Waals surface area contributed by atoms with Crippen LogP contribution in [0.25, 0.3) is 21.8 Å². The van der Waals surface area contributed by atoms with E-state index in [2.05, 4.69) is 19.9 Å². The maximum absolute atomic E-state index is 6.09. The quantitative estimate of drug-likeness (QED) is 0.489. The second kappa shape index (κ2) is 8.79. The number of hydrogen-bond acceptors (Lipinski definition) is 7. The van der Waals surface area contributed by atoms with Gasteiger partial charge in [-0.2, -0.15) is 0 Å². The van der Waals surface area contributed by atoms with Gasteiger partial charge in [0.1, 0.15) is 18.7 Å². The van der Waals surface area contributed by atoms with Gasteiger partial charge in [-0.15, -0.1) is 0 Å². The third kappa shape index (κ3) is 4.26. The maximum Gasteiger partial charge on any atom is 0.230 e. The molecular weight excluding hydrogens is 396 g/mol. The molecule has 1 fully saturated rings. The summed E-state index contributed by atoms with van der Waals surface area (Å²) in [4.78, 5) is 14.2. The summed E-state index contributed by atoms with van der Waals surface area (Å²) in [6.07, 6.45) is 3.40. The van der Waals surface area contributed by atoms with Crippen molar-refractivity contribution in [2.45, 2.75) is 0 Å². The number of morpholine rings is 1. The molecule has 0 bridgehead atoms. The van der Waals surface area contributed by atoms with Crippen molar-refractivity contribution in [3.8, 4) is 23.1 Å². The lowest BCUT2D eigenvalue weighted by Gasteiger charge is -2.26. The number of hydrogen-bond donors (Lipinski definition) is 1. The minimum Gasteiger partial charge on any atom is -0.493 e. The first-order valence-electron chi connectivity index (χ1n) is 10.3. The number of methoxy groups -OCH3 is 1. The minimum absolute atomic E-state index is 0.470. The van der Waals surface area contributed by atoms with E-state index in [-0.39, 0.29) is 0 Å². The third-order valence-electron chi connectivity index (χ3n) is 5.39. The van der Waals surface area contributed by atoms with Crippen LogP contribution in [0.5, 0.6) is 23.1 Å². The number of nitrogens with zero attached hydrogens (tertiary/aromatic N) is 3. The normalized spacial score (nSPS) is 14.7. The number of rotatable bonds is 7. The van der Waals surface area contributed by atoms with Gasteiger partial charge in [0.2, 0.25) is 5.88 Å². The second-order valence-electron chi connectivity index (χ2n) is 7.33. The van der Waals surface area contributed by atoms with E-state index in [0.717, 1.165) is 54.7 Å². The Morgan fingerprint density at radius 1 is 1.06 bits per heavy atom. The molecule has 0 radical (unpaired) electrons. The summed E-state index contributed by atoms with van der Waals surface area (Å²) in [5.41, 5.74) is 1.79. The molecule has 5 rings (SSSR count). The summed E-state index contributed by atoms with van der Waals surface area (Å²) in [6.45, 7) is 4.81. The van der Waals surface area contributed by atoms with Crippen molar-refractivity contribution < 1.29 is 18.9 Å². The Hall–Kier alpha value is -3.36. The van der Waals surface area contributed by atoms with E-state index in [9.17, 15) is 0 Å². The zero-order valence-corrected chi connectivity index (χ0v) is 17.3. The smallest absolute Gasteiger partial charge is 0.230 e. The van der Waals surface area contributed by atoms with Crippen molar-refractivity contribution in [1.29, 1.82) is 0 Å². The largest absolute Gasteiger partial charge is 0.493 e. The van der Waals surface area contributed by atoms with Crippen LogP contribution in [0.2, 0.25) is 0 Å². The van der Waals surface area contributed by atoms with E-state index in [1.54, 1.807) is 7.11 Å². The van der Waals surface area contributed by atoms with Crippen molar-refractivity contribution in [2.75, 3.05) is 46.6 Å². The Morgan fingerprint density at radius 2 is 1.97 bits per heavy atom. The minimum atomic E-state index is 0.470. The van der Waals surface area contributed by atoms with Gasteiger partial charge in [-0.1, -0.05) is 0 Å². The zero-order chi connectivity index (χ0) is 21.0. The van der Waals surface area contributed by atoms with Gasteiger partial charge in [0.25, 0.3) is 0 Å². The highest BCUT2D eigenvalue weighted by Crippen LogP contribution is 2.36. The summed E-state index contributed by atoms with van der Waals surface area (Å²) in [5.74, 6) is 2.45. The summed E-state index contributed by atoms with van der Waals surface area (Å²) in [7, 11) is 1.63. The fourth-order valence-corrected chi connectivity index (χ4v) is 3.71. The molecule has 0 amide bonds. The predicted octanol–water partition coefficient (Wildman–Crippen LogP) is 3.62. The van der Waals surface area contributed by atoms with Gasteiger partial charge in [0.15, 0.2) is 11.5 Å². The number of ether oxygens (including phenoxy) is 4. The number of aromatic amines is 1. The van der Waals surface area contributed by atoms with Gasteiger partial charge in [-0.05, 0) is 30.3 Å². The average Bonchev–Trinajstić information content (AvgIpc) is 3.27. The van der Waals surface area contributed by atoms with Crippen LogP contribution in [-0.4, -0.2) is 66.4 Å². The average molecular weight is 420 g/mol. The Morgan fingerprint density at radius 3 is 2.84 bits per heavy atom. The van der Waals surface area contributed by atoms with Gasteiger partial charge in [-0.25, -0.2) is 9.97 Å². The number of aromatic nitrogens is 3.